The Balaban J connectivity index is 1.36. The molecule has 4 aromatic rings. The summed E-state index contributed by atoms with van der Waals surface area (Å²) in [6.45, 7) is 3.16. The first-order valence-electron chi connectivity index (χ1n) is 15.7. The molecule has 11 heteroatoms. The number of anilines is 2. The van der Waals surface area contributed by atoms with Crippen LogP contribution in [0.4, 0.5) is 11.4 Å². The van der Waals surface area contributed by atoms with Gasteiger partial charge in [-0.2, -0.15) is 11.8 Å². The summed E-state index contributed by atoms with van der Waals surface area (Å²) in [4.78, 5) is 25.9. The van der Waals surface area contributed by atoms with Gasteiger partial charge in [-0.05, 0) is 96.8 Å². The smallest absolute Gasteiger partial charge is 0.326 e. The summed E-state index contributed by atoms with van der Waals surface area (Å²) in [6, 6.07) is 30.6. The van der Waals surface area contributed by atoms with E-state index in [1.165, 1.54) is 0 Å². The fourth-order valence-corrected chi connectivity index (χ4v) is 6.35. The Labute approximate surface area is 287 Å². The molecular formula is C37H43N3O6S2. The Morgan fingerprint density at radius 2 is 1.46 bits per heavy atom. The van der Waals surface area contributed by atoms with Gasteiger partial charge in [0.2, 0.25) is 15.9 Å². The molecule has 0 radical (unpaired) electrons. The molecule has 4 rings (SSSR count). The van der Waals surface area contributed by atoms with Crippen molar-refractivity contribution in [1.82, 2.24) is 5.32 Å². The molecule has 0 aliphatic rings. The number of aryl methyl sites for hydroxylation is 1. The van der Waals surface area contributed by atoms with Gasteiger partial charge in [0.05, 0.1) is 11.9 Å². The summed E-state index contributed by atoms with van der Waals surface area (Å²) >= 11 is 1.55. The largest absolute Gasteiger partial charge is 0.480 e. The fraction of sp³-hybridized carbons (Fsp3) is 0.297. The van der Waals surface area contributed by atoms with Gasteiger partial charge in [-0.15, -0.1) is 0 Å². The summed E-state index contributed by atoms with van der Waals surface area (Å²) in [6.07, 6.45) is 5.03. The molecule has 254 valence electrons. The number of hydrogen-bond acceptors (Lipinski definition) is 7. The number of carbonyl (C=O) groups is 2. The zero-order valence-electron chi connectivity index (χ0n) is 27.5. The summed E-state index contributed by atoms with van der Waals surface area (Å²) in [5.74, 6) is 0.811. The van der Waals surface area contributed by atoms with Crippen LogP contribution in [0.5, 0.6) is 11.5 Å². The van der Waals surface area contributed by atoms with Gasteiger partial charge in [0.1, 0.15) is 17.5 Å². The Kier molecular flexibility index (Phi) is 13.3. The molecule has 3 N–H and O–H groups in total. The van der Waals surface area contributed by atoms with Crippen molar-refractivity contribution in [2.24, 2.45) is 0 Å². The van der Waals surface area contributed by atoms with Gasteiger partial charge in [0.15, 0.2) is 0 Å². The molecule has 4 aromatic carbocycles. The van der Waals surface area contributed by atoms with Crippen molar-refractivity contribution in [2.75, 3.05) is 27.9 Å². The Morgan fingerprint density at radius 3 is 2.04 bits per heavy atom. The van der Waals surface area contributed by atoms with Crippen LogP contribution in [0.15, 0.2) is 97.1 Å². The lowest BCUT2D eigenvalue weighted by atomic mass is 10.1. The number of carbonyl (C=O) groups excluding carboxylic acids is 1. The Hall–Kier alpha value is -4.48. The van der Waals surface area contributed by atoms with Crippen LogP contribution in [-0.4, -0.2) is 49.7 Å². The number of carboxylic acid groups (broad SMARTS) is 1. The Morgan fingerprint density at radius 1 is 0.854 bits per heavy atom. The van der Waals surface area contributed by atoms with E-state index in [1.807, 2.05) is 92.0 Å². The third-order valence-electron chi connectivity index (χ3n) is 7.73. The molecule has 0 fully saturated rings. The normalized spacial score (nSPS) is 11.8. The maximum atomic E-state index is 12.3. The molecular weight excluding hydrogens is 647 g/mol. The number of sulfonamides is 1. The fourth-order valence-electron chi connectivity index (χ4n) is 5.26. The minimum atomic E-state index is -3.42. The molecule has 0 spiro atoms. The number of aliphatic carboxylic acids is 1. The van der Waals surface area contributed by atoms with Crippen LogP contribution in [0.25, 0.3) is 0 Å². The second kappa shape index (κ2) is 17.6. The highest BCUT2D eigenvalue weighted by atomic mass is 32.2. The van der Waals surface area contributed by atoms with Crippen LogP contribution in [0, 0.1) is 6.92 Å². The zero-order chi connectivity index (χ0) is 34.5. The van der Waals surface area contributed by atoms with Gasteiger partial charge in [-0.25, -0.2) is 13.2 Å². The van der Waals surface area contributed by atoms with Gasteiger partial charge < -0.3 is 20.1 Å². The number of amides is 1. The van der Waals surface area contributed by atoms with Crippen LogP contribution in [0.2, 0.25) is 0 Å². The van der Waals surface area contributed by atoms with Crippen molar-refractivity contribution < 1.29 is 27.9 Å². The zero-order valence-corrected chi connectivity index (χ0v) is 29.1. The number of benzene rings is 4. The second-order valence-corrected chi connectivity index (χ2v) is 14.4. The number of hydrogen-bond donors (Lipinski definition) is 3. The van der Waals surface area contributed by atoms with Crippen molar-refractivity contribution in [3.8, 4) is 11.5 Å². The van der Waals surface area contributed by atoms with E-state index in [4.69, 9.17) is 4.74 Å². The lowest BCUT2D eigenvalue weighted by Crippen LogP contribution is -2.41. The van der Waals surface area contributed by atoms with E-state index < -0.39 is 22.0 Å². The second-order valence-electron chi connectivity index (χ2n) is 11.6. The van der Waals surface area contributed by atoms with Gasteiger partial charge in [0, 0.05) is 25.2 Å². The molecule has 0 saturated heterocycles. The topological polar surface area (TPSA) is 125 Å². The highest BCUT2D eigenvalue weighted by molar-refractivity contribution is 7.98. The summed E-state index contributed by atoms with van der Waals surface area (Å²) in [7, 11) is -3.42. The number of rotatable bonds is 18. The molecule has 0 heterocycles. The van der Waals surface area contributed by atoms with Crippen LogP contribution < -0.4 is 19.7 Å². The molecule has 1 atom stereocenters. The molecule has 0 unspecified atom stereocenters. The molecule has 0 aliphatic carbocycles. The van der Waals surface area contributed by atoms with Crippen molar-refractivity contribution in [2.45, 2.75) is 51.7 Å². The SMILES string of the molecule is CSCC[C@H](NC(=O)CCCc1ccc(Oc2ccc(CN(Cc3ccccc3)c3cccc(NS(C)(=O)=O)c3C)cc2)cc1)C(=O)O. The van der Waals surface area contributed by atoms with Crippen LogP contribution in [-0.2, 0) is 39.1 Å². The number of thioether (sulfide) groups is 1. The van der Waals surface area contributed by atoms with E-state index in [2.05, 4.69) is 27.1 Å². The molecule has 48 heavy (non-hydrogen) atoms. The minimum absolute atomic E-state index is 0.248. The maximum absolute atomic E-state index is 12.3. The highest BCUT2D eigenvalue weighted by Gasteiger charge is 2.19. The van der Waals surface area contributed by atoms with E-state index in [-0.39, 0.29) is 12.3 Å². The summed E-state index contributed by atoms with van der Waals surface area (Å²) in [5.41, 5.74) is 5.60. The maximum Gasteiger partial charge on any atom is 0.326 e. The average molecular weight is 690 g/mol. The average Bonchev–Trinajstić information content (AvgIpc) is 3.05. The van der Waals surface area contributed by atoms with Crippen molar-refractivity contribution in [3.05, 3.63) is 119 Å². The first-order valence-corrected chi connectivity index (χ1v) is 19.0. The van der Waals surface area contributed by atoms with Crippen LogP contribution >= 0.6 is 11.8 Å². The lowest BCUT2D eigenvalue weighted by Gasteiger charge is -2.28. The first-order chi connectivity index (χ1) is 23.0. The van der Waals surface area contributed by atoms with E-state index in [1.54, 1.807) is 17.8 Å². The number of carboxylic acids is 1. The molecule has 0 aliphatic heterocycles. The quantitative estimate of drug-likeness (QED) is 0.102. The monoisotopic (exact) mass is 689 g/mol. The standard InChI is InChI=1S/C37H43N3O6S2/c1-27-33(39-48(3,44)45)12-8-13-35(27)40(25-29-9-5-4-6-10-29)26-30-17-21-32(22-18-30)46-31-19-15-28(16-20-31)11-7-14-36(41)38-34(37(42)43)23-24-47-2/h4-6,8-10,12-13,15-22,34,39H,7,11,14,23-26H2,1-3H3,(H,38,41)(H,42,43)/t34-/m0/s1. The molecule has 1 amide bonds. The Bertz CT molecular complexity index is 1750. The predicted octanol–water partition coefficient (Wildman–Crippen LogP) is 7.01. The van der Waals surface area contributed by atoms with E-state index in [0.29, 0.717) is 55.3 Å². The molecule has 9 nitrogen and oxygen atoms in total. The third kappa shape index (κ3) is 11.6. The molecule has 0 aromatic heterocycles. The highest BCUT2D eigenvalue weighted by Crippen LogP contribution is 2.31. The molecule has 0 saturated carbocycles. The molecule has 0 bridgehead atoms. The van der Waals surface area contributed by atoms with Crippen LogP contribution in [0.1, 0.15) is 41.5 Å². The van der Waals surface area contributed by atoms with Crippen LogP contribution in [0.3, 0.4) is 0 Å². The summed E-state index contributed by atoms with van der Waals surface area (Å²) < 4.78 is 32.7. The summed E-state index contributed by atoms with van der Waals surface area (Å²) in [5, 5.41) is 11.9. The van der Waals surface area contributed by atoms with Crippen molar-refractivity contribution in [1.29, 1.82) is 0 Å². The number of nitrogens with zero attached hydrogens (tertiary/aromatic N) is 1. The third-order valence-corrected chi connectivity index (χ3v) is 8.96. The van der Waals surface area contributed by atoms with E-state index in [0.717, 1.165) is 34.2 Å². The van der Waals surface area contributed by atoms with E-state index >= 15 is 0 Å². The van der Waals surface area contributed by atoms with E-state index in [9.17, 15) is 23.1 Å². The van der Waals surface area contributed by atoms with Gasteiger partial charge >= 0.3 is 5.97 Å². The first kappa shape index (κ1) is 36.4. The van der Waals surface area contributed by atoms with Gasteiger partial charge in [-0.3, -0.25) is 9.52 Å². The lowest BCUT2D eigenvalue weighted by molar-refractivity contribution is -0.141. The van der Waals surface area contributed by atoms with Gasteiger partial charge in [0.25, 0.3) is 0 Å². The van der Waals surface area contributed by atoms with Crippen molar-refractivity contribution in [3.63, 3.8) is 0 Å². The number of ether oxygens (including phenoxy) is 1. The van der Waals surface area contributed by atoms with Crippen molar-refractivity contribution >= 4 is 45.0 Å². The minimum Gasteiger partial charge on any atom is -0.480 e. The predicted molar refractivity (Wildman–Crippen MR) is 194 cm³/mol. The number of nitrogens with one attached hydrogen (secondary N) is 2. The van der Waals surface area contributed by atoms with Gasteiger partial charge in [-0.1, -0.05) is 60.7 Å².